The molecule has 0 amide bonds. The Morgan fingerprint density at radius 3 is 2.39 bits per heavy atom. The zero-order chi connectivity index (χ0) is 17.2. The van der Waals surface area contributed by atoms with Gasteiger partial charge in [0.1, 0.15) is 5.75 Å². The summed E-state index contributed by atoms with van der Waals surface area (Å²) in [5, 5.41) is 11.2. The summed E-state index contributed by atoms with van der Waals surface area (Å²) in [6, 6.07) is 8.80. The summed E-state index contributed by atoms with van der Waals surface area (Å²) in [6.07, 6.45) is 0. The van der Waals surface area contributed by atoms with Gasteiger partial charge < -0.3 is 4.74 Å². The average Bonchev–Trinajstić information content (AvgIpc) is 2.49. The predicted molar refractivity (Wildman–Crippen MR) is 86.4 cm³/mol. The smallest absolute Gasteiger partial charge is 0.293 e. The molecule has 122 valence electrons. The maximum Gasteiger partial charge on any atom is 0.293 e. The maximum absolute atomic E-state index is 12.5. The first kappa shape index (κ1) is 16.8. The molecule has 0 aliphatic carbocycles. The zero-order valence-corrected chi connectivity index (χ0v) is 13.7. The van der Waals surface area contributed by atoms with Gasteiger partial charge >= 0.3 is 0 Å². The average molecular weight is 336 g/mol. The number of benzene rings is 2. The Hall–Kier alpha value is -2.61. The van der Waals surface area contributed by atoms with E-state index in [1.807, 2.05) is 13.0 Å². The highest BCUT2D eigenvalue weighted by Gasteiger charge is 2.27. The van der Waals surface area contributed by atoms with Crippen molar-refractivity contribution in [3.8, 4) is 5.75 Å². The van der Waals surface area contributed by atoms with Crippen LogP contribution in [-0.2, 0) is 10.0 Å². The minimum absolute atomic E-state index is 0.210. The van der Waals surface area contributed by atoms with Crippen molar-refractivity contribution in [1.82, 2.24) is 0 Å². The van der Waals surface area contributed by atoms with E-state index in [1.54, 1.807) is 19.1 Å². The Labute approximate surface area is 134 Å². The van der Waals surface area contributed by atoms with Gasteiger partial charge in [0.05, 0.1) is 23.8 Å². The summed E-state index contributed by atoms with van der Waals surface area (Å²) >= 11 is 0. The van der Waals surface area contributed by atoms with Crippen molar-refractivity contribution in [2.45, 2.75) is 18.7 Å². The molecule has 2 aromatic rings. The third-order valence-electron chi connectivity index (χ3n) is 3.28. The second-order valence-corrected chi connectivity index (χ2v) is 6.67. The third kappa shape index (κ3) is 3.59. The van der Waals surface area contributed by atoms with Crippen LogP contribution in [0.25, 0.3) is 0 Å². The van der Waals surface area contributed by atoms with E-state index in [0.29, 0.717) is 5.69 Å². The third-order valence-corrected chi connectivity index (χ3v) is 4.69. The lowest BCUT2D eigenvalue weighted by Crippen LogP contribution is -2.15. The molecule has 0 saturated heterocycles. The van der Waals surface area contributed by atoms with Gasteiger partial charge in [0.2, 0.25) is 0 Å². The van der Waals surface area contributed by atoms with Gasteiger partial charge in [0.15, 0.2) is 4.90 Å². The summed E-state index contributed by atoms with van der Waals surface area (Å²) < 4.78 is 32.3. The summed E-state index contributed by atoms with van der Waals surface area (Å²) in [4.78, 5) is 9.99. The zero-order valence-electron chi connectivity index (χ0n) is 12.9. The van der Waals surface area contributed by atoms with Crippen LogP contribution >= 0.6 is 0 Å². The van der Waals surface area contributed by atoms with Crippen molar-refractivity contribution in [1.29, 1.82) is 0 Å². The van der Waals surface area contributed by atoms with Crippen LogP contribution in [0.4, 0.5) is 11.4 Å². The standard InChI is InChI=1S/C15H16N2O5S/c1-10-4-6-13(11(2)8-10)16-23(20,21)15-7-5-12(22-3)9-14(15)17(18)19/h4-9,16H,1-3H3. The van der Waals surface area contributed by atoms with Crippen LogP contribution in [0.3, 0.4) is 0 Å². The molecule has 23 heavy (non-hydrogen) atoms. The Kier molecular flexibility index (Phi) is 4.55. The molecule has 0 spiro atoms. The first-order valence-corrected chi connectivity index (χ1v) is 8.15. The number of hydrogen-bond acceptors (Lipinski definition) is 5. The largest absolute Gasteiger partial charge is 0.497 e. The molecule has 0 aliphatic heterocycles. The Bertz CT molecular complexity index is 862. The topological polar surface area (TPSA) is 98.5 Å². The van der Waals surface area contributed by atoms with Crippen LogP contribution < -0.4 is 9.46 Å². The minimum atomic E-state index is -4.10. The molecule has 0 unspecified atom stereocenters. The molecule has 2 rings (SSSR count). The summed E-state index contributed by atoms with van der Waals surface area (Å²) in [5.41, 5.74) is 1.55. The van der Waals surface area contributed by atoms with E-state index in [2.05, 4.69) is 4.72 Å². The second-order valence-electron chi connectivity index (χ2n) is 5.01. The van der Waals surface area contributed by atoms with E-state index in [-0.39, 0.29) is 5.75 Å². The van der Waals surface area contributed by atoms with Crippen molar-refractivity contribution < 1.29 is 18.1 Å². The Morgan fingerprint density at radius 2 is 1.83 bits per heavy atom. The Morgan fingerprint density at radius 1 is 1.13 bits per heavy atom. The van der Waals surface area contributed by atoms with Gasteiger partial charge in [-0.2, -0.15) is 0 Å². The molecule has 7 nitrogen and oxygen atoms in total. The number of nitro groups is 1. The number of methoxy groups -OCH3 is 1. The quantitative estimate of drug-likeness (QED) is 0.668. The molecule has 0 aromatic heterocycles. The van der Waals surface area contributed by atoms with E-state index in [4.69, 9.17) is 4.74 Å². The van der Waals surface area contributed by atoms with Crippen molar-refractivity contribution in [3.05, 3.63) is 57.6 Å². The number of anilines is 1. The number of nitro benzene ring substituents is 1. The van der Waals surface area contributed by atoms with Crippen LogP contribution in [0.5, 0.6) is 5.75 Å². The second kappa shape index (κ2) is 6.25. The molecule has 0 bridgehead atoms. The molecule has 0 aliphatic rings. The molecule has 0 fully saturated rings. The molecule has 0 atom stereocenters. The maximum atomic E-state index is 12.5. The van der Waals surface area contributed by atoms with Gasteiger partial charge in [-0.05, 0) is 37.6 Å². The van der Waals surface area contributed by atoms with Crippen LogP contribution in [0.1, 0.15) is 11.1 Å². The van der Waals surface area contributed by atoms with Crippen molar-refractivity contribution in [2.24, 2.45) is 0 Å². The van der Waals surface area contributed by atoms with Crippen molar-refractivity contribution >= 4 is 21.4 Å². The van der Waals surface area contributed by atoms with Gasteiger partial charge in [-0.25, -0.2) is 8.42 Å². The van der Waals surface area contributed by atoms with Gasteiger partial charge in [-0.3, -0.25) is 14.8 Å². The first-order chi connectivity index (χ1) is 10.7. The summed E-state index contributed by atoms with van der Waals surface area (Å²) in [5.74, 6) is 0.210. The van der Waals surface area contributed by atoms with Crippen LogP contribution in [0.2, 0.25) is 0 Å². The fraction of sp³-hybridized carbons (Fsp3) is 0.200. The van der Waals surface area contributed by atoms with Gasteiger partial charge in [-0.15, -0.1) is 0 Å². The van der Waals surface area contributed by atoms with E-state index in [9.17, 15) is 18.5 Å². The fourth-order valence-corrected chi connectivity index (χ4v) is 3.41. The number of ether oxygens (including phenoxy) is 1. The highest BCUT2D eigenvalue weighted by Crippen LogP contribution is 2.30. The number of rotatable bonds is 5. The van der Waals surface area contributed by atoms with E-state index < -0.39 is 25.5 Å². The highest BCUT2D eigenvalue weighted by atomic mass is 32.2. The Balaban J connectivity index is 2.49. The lowest BCUT2D eigenvalue weighted by Gasteiger charge is -2.12. The summed E-state index contributed by atoms with van der Waals surface area (Å²) in [6.45, 7) is 3.65. The summed E-state index contributed by atoms with van der Waals surface area (Å²) in [7, 11) is -2.75. The first-order valence-electron chi connectivity index (χ1n) is 6.67. The molecule has 1 N–H and O–H groups in total. The lowest BCUT2D eigenvalue weighted by molar-refractivity contribution is -0.387. The van der Waals surface area contributed by atoms with E-state index in [1.165, 1.54) is 13.2 Å². The monoisotopic (exact) mass is 336 g/mol. The molecule has 0 radical (unpaired) electrons. The molecular weight excluding hydrogens is 320 g/mol. The fourth-order valence-electron chi connectivity index (χ4n) is 2.12. The van der Waals surface area contributed by atoms with Gasteiger partial charge in [0.25, 0.3) is 15.7 Å². The van der Waals surface area contributed by atoms with E-state index in [0.717, 1.165) is 23.3 Å². The number of aryl methyl sites for hydroxylation is 2. The van der Waals surface area contributed by atoms with Crippen LogP contribution in [-0.4, -0.2) is 20.5 Å². The normalized spacial score (nSPS) is 11.1. The highest BCUT2D eigenvalue weighted by molar-refractivity contribution is 7.92. The number of nitrogens with one attached hydrogen (secondary N) is 1. The van der Waals surface area contributed by atoms with Gasteiger partial charge in [0, 0.05) is 0 Å². The molecule has 8 heteroatoms. The molecule has 0 heterocycles. The SMILES string of the molecule is COc1ccc(S(=O)(=O)Nc2ccc(C)cc2C)c([N+](=O)[O-])c1. The van der Waals surface area contributed by atoms with Crippen LogP contribution in [0, 0.1) is 24.0 Å². The number of sulfonamides is 1. The van der Waals surface area contributed by atoms with Crippen molar-refractivity contribution in [2.75, 3.05) is 11.8 Å². The predicted octanol–water partition coefficient (Wildman–Crippen LogP) is 3.02. The minimum Gasteiger partial charge on any atom is -0.497 e. The molecule has 0 saturated carbocycles. The van der Waals surface area contributed by atoms with Crippen molar-refractivity contribution in [3.63, 3.8) is 0 Å². The lowest BCUT2D eigenvalue weighted by atomic mass is 10.1. The molecular formula is C15H16N2O5S. The number of hydrogen-bond donors (Lipinski definition) is 1. The van der Waals surface area contributed by atoms with Gasteiger partial charge in [-0.1, -0.05) is 17.7 Å². The van der Waals surface area contributed by atoms with Crippen LogP contribution in [0.15, 0.2) is 41.3 Å². The molecule has 2 aromatic carbocycles. The van der Waals surface area contributed by atoms with E-state index >= 15 is 0 Å². The number of nitrogens with zero attached hydrogens (tertiary/aromatic N) is 1.